The molecule has 0 N–H and O–H groups in total. The van der Waals surface area contributed by atoms with Crippen LogP contribution < -0.4 is 5.56 Å². The first kappa shape index (κ1) is 21.1. The van der Waals surface area contributed by atoms with Crippen LogP contribution in [0.4, 0.5) is 0 Å². The SMILES string of the molecule is COC(=O)c1ccc2c(=O)n(C[C@@H]3CCCO3)c(S[C@H]3CCCCCC3=O)nc2c1. The lowest BCUT2D eigenvalue weighted by atomic mass is 10.1. The number of aromatic nitrogens is 2. The van der Waals surface area contributed by atoms with E-state index in [0.717, 1.165) is 38.5 Å². The molecule has 2 heterocycles. The Balaban J connectivity index is 1.77. The largest absolute Gasteiger partial charge is 0.465 e. The summed E-state index contributed by atoms with van der Waals surface area (Å²) in [7, 11) is 1.32. The fourth-order valence-corrected chi connectivity index (χ4v) is 5.29. The number of rotatable bonds is 5. The molecule has 2 fully saturated rings. The predicted octanol–water partition coefficient (Wildman–Crippen LogP) is 3.36. The van der Waals surface area contributed by atoms with Gasteiger partial charge in [0, 0.05) is 13.0 Å². The Morgan fingerprint density at radius 3 is 2.87 bits per heavy atom. The molecule has 1 aromatic carbocycles. The summed E-state index contributed by atoms with van der Waals surface area (Å²) >= 11 is 1.38. The molecule has 0 unspecified atom stereocenters. The standard InChI is InChI=1S/C22H26N2O5S/c1-28-21(27)14-9-10-16-17(12-14)23-22(30-19-8-4-2-3-7-18(19)25)24(20(16)26)13-15-6-5-11-29-15/h9-10,12,15,19H,2-8,11,13H2,1H3/t15-,19-/m0/s1. The molecule has 1 aromatic heterocycles. The molecule has 0 radical (unpaired) electrons. The molecule has 1 aliphatic heterocycles. The van der Waals surface area contributed by atoms with Crippen LogP contribution in [0, 0.1) is 0 Å². The van der Waals surface area contributed by atoms with Crippen LogP contribution >= 0.6 is 11.8 Å². The average molecular weight is 431 g/mol. The van der Waals surface area contributed by atoms with Gasteiger partial charge in [0.05, 0.1) is 41.5 Å². The van der Waals surface area contributed by atoms with Gasteiger partial charge in [-0.1, -0.05) is 24.6 Å². The molecule has 160 valence electrons. The molecule has 7 nitrogen and oxygen atoms in total. The highest BCUT2D eigenvalue weighted by Crippen LogP contribution is 2.31. The Labute approximate surface area is 179 Å². The van der Waals surface area contributed by atoms with E-state index in [4.69, 9.17) is 14.5 Å². The van der Waals surface area contributed by atoms with E-state index in [1.807, 2.05) is 0 Å². The molecule has 0 spiro atoms. The number of benzene rings is 1. The van der Waals surface area contributed by atoms with Crippen LogP contribution in [-0.2, 0) is 20.8 Å². The molecule has 4 rings (SSSR count). The van der Waals surface area contributed by atoms with Crippen LogP contribution in [-0.4, -0.2) is 46.4 Å². The van der Waals surface area contributed by atoms with Crippen LogP contribution in [0.15, 0.2) is 28.2 Å². The molecular weight excluding hydrogens is 404 g/mol. The van der Waals surface area contributed by atoms with Gasteiger partial charge in [0.15, 0.2) is 5.16 Å². The molecule has 2 atom stereocenters. The molecular formula is C22H26N2O5S. The summed E-state index contributed by atoms with van der Waals surface area (Å²) in [6.45, 7) is 1.12. The lowest BCUT2D eigenvalue weighted by Crippen LogP contribution is -2.30. The first-order valence-corrected chi connectivity index (χ1v) is 11.4. The second-order valence-electron chi connectivity index (χ2n) is 7.84. The number of carbonyl (C=O) groups is 2. The van der Waals surface area contributed by atoms with E-state index in [2.05, 4.69) is 0 Å². The topological polar surface area (TPSA) is 87.5 Å². The van der Waals surface area contributed by atoms with Crippen molar-refractivity contribution in [1.29, 1.82) is 0 Å². The van der Waals surface area contributed by atoms with Gasteiger partial charge < -0.3 is 9.47 Å². The van der Waals surface area contributed by atoms with Crippen molar-refractivity contribution in [3.8, 4) is 0 Å². The molecule has 0 amide bonds. The van der Waals surface area contributed by atoms with Gasteiger partial charge in [-0.15, -0.1) is 0 Å². The van der Waals surface area contributed by atoms with Gasteiger partial charge in [0.2, 0.25) is 0 Å². The third-order valence-corrected chi connectivity index (χ3v) is 7.05. The number of methoxy groups -OCH3 is 1. The Bertz CT molecular complexity index is 1010. The van der Waals surface area contributed by atoms with Crippen molar-refractivity contribution in [2.45, 2.75) is 68.0 Å². The van der Waals surface area contributed by atoms with Crippen molar-refractivity contribution in [3.63, 3.8) is 0 Å². The molecule has 2 aromatic rings. The Hall–Kier alpha value is -2.19. The smallest absolute Gasteiger partial charge is 0.337 e. The number of Topliss-reactive ketones (excluding diaryl/α,β-unsaturated/α-hetero) is 1. The van der Waals surface area contributed by atoms with E-state index < -0.39 is 5.97 Å². The summed E-state index contributed by atoms with van der Waals surface area (Å²) < 4.78 is 12.2. The summed E-state index contributed by atoms with van der Waals surface area (Å²) in [6, 6.07) is 4.78. The van der Waals surface area contributed by atoms with Gasteiger partial charge in [-0.25, -0.2) is 9.78 Å². The highest BCUT2D eigenvalue weighted by Gasteiger charge is 2.26. The van der Waals surface area contributed by atoms with Gasteiger partial charge in [-0.05, 0) is 43.9 Å². The Morgan fingerprint density at radius 2 is 2.10 bits per heavy atom. The van der Waals surface area contributed by atoms with Gasteiger partial charge in [-0.3, -0.25) is 14.2 Å². The number of fused-ring (bicyclic) bond motifs is 1. The number of nitrogens with zero attached hydrogens (tertiary/aromatic N) is 2. The lowest BCUT2D eigenvalue weighted by Gasteiger charge is -2.19. The average Bonchev–Trinajstić information content (AvgIpc) is 3.19. The fourth-order valence-electron chi connectivity index (χ4n) is 4.07. The molecule has 8 heteroatoms. The maximum Gasteiger partial charge on any atom is 0.337 e. The van der Waals surface area contributed by atoms with Crippen molar-refractivity contribution in [2.75, 3.05) is 13.7 Å². The monoisotopic (exact) mass is 430 g/mol. The summed E-state index contributed by atoms with van der Waals surface area (Å²) in [5.74, 6) is -0.255. The first-order chi connectivity index (χ1) is 14.6. The summed E-state index contributed by atoms with van der Waals surface area (Å²) in [5, 5.41) is 0.763. The minimum absolute atomic E-state index is 0.0273. The van der Waals surface area contributed by atoms with E-state index in [1.54, 1.807) is 22.8 Å². The molecule has 1 saturated heterocycles. The van der Waals surface area contributed by atoms with E-state index >= 15 is 0 Å². The zero-order valence-electron chi connectivity index (χ0n) is 17.1. The third-order valence-electron chi connectivity index (χ3n) is 5.75. The molecule has 1 aliphatic carbocycles. The van der Waals surface area contributed by atoms with Crippen molar-refractivity contribution < 1.29 is 19.1 Å². The number of hydrogen-bond acceptors (Lipinski definition) is 7. The third kappa shape index (κ3) is 4.44. The number of ether oxygens (including phenoxy) is 2. The zero-order chi connectivity index (χ0) is 21.1. The van der Waals surface area contributed by atoms with Crippen LogP contribution in [0.2, 0.25) is 0 Å². The second kappa shape index (κ2) is 9.31. The number of carbonyl (C=O) groups excluding carboxylic acids is 2. The van der Waals surface area contributed by atoms with Crippen LogP contribution in [0.1, 0.15) is 55.3 Å². The molecule has 2 aliphatic rings. The maximum atomic E-state index is 13.3. The summed E-state index contributed by atoms with van der Waals surface area (Å²) in [6.07, 6.45) is 6.20. The summed E-state index contributed by atoms with van der Waals surface area (Å²) in [4.78, 5) is 42.6. The summed E-state index contributed by atoms with van der Waals surface area (Å²) in [5.41, 5.74) is 0.612. The van der Waals surface area contributed by atoms with Gasteiger partial charge in [0.1, 0.15) is 5.78 Å². The number of ketones is 1. The fraction of sp³-hybridized carbons (Fsp3) is 0.545. The molecule has 1 saturated carbocycles. The van der Waals surface area contributed by atoms with Crippen LogP contribution in [0.25, 0.3) is 10.9 Å². The van der Waals surface area contributed by atoms with Gasteiger partial charge in [-0.2, -0.15) is 0 Å². The maximum absolute atomic E-state index is 13.3. The van der Waals surface area contributed by atoms with E-state index in [0.29, 0.717) is 41.2 Å². The minimum Gasteiger partial charge on any atom is -0.465 e. The Kier molecular flexibility index (Phi) is 6.53. The second-order valence-corrected chi connectivity index (χ2v) is 9.01. The highest BCUT2D eigenvalue weighted by atomic mass is 32.2. The minimum atomic E-state index is -0.476. The van der Waals surface area contributed by atoms with E-state index in [9.17, 15) is 14.4 Å². The van der Waals surface area contributed by atoms with Crippen LogP contribution in [0.3, 0.4) is 0 Å². The molecule has 0 bridgehead atoms. The van der Waals surface area contributed by atoms with E-state index in [1.165, 1.54) is 18.9 Å². The normalized spacial score (nSPS) is 22.2. The quantitative estimate of drug-likeness (QED) is 0.408. The molecule has 30 heavy (non-hydrogen) atoms. The number of thioether (sulfide) groups is 1. The van der Waals surface area contributed by atoms with E-state index in [-0.39, 0.29) is 22.7 Å². The van der Waals surface area contributed by atoms with Crippen molar-refractivity contribution in [2.24, 2.45) is 0 Å². The lowest BCUT2D eigenvalue weighted by molar-refractivity contribution is -0.118. The first-order valence-electron chi connectivity index (χ1n) is 10.5. The number of esters is 1. The number of hydrogen-bond donors (Lipinski definition) is 0. The van der Waals surface area contributed by atoms with Crippen LogP contribution in [0.5, 0.6) is 0 Å². The zero-order valence-corrected chi connectivity index (χ0v) is 17.9. The highest BCUT2D eigenvalue weighted by molar-refractivity contribution is 8.00. The van der Waals surface area contributed by atoms with Crippen molar-refractivity contribution in [1.82, 2.24) is 9.55 Å². The van der Waals surface area contributed by atoms with Gasteiger partial charge in [0.25, 0.3) is 5.56 Å². The van der Waals surface area contributed by atoms with Crippen molar-refractivity contribution in [3.05, 3.63) is 34.1 Å². The Morgan fingerprint density at radius 1 is 1.23 bits per heavy atom. The predicted molar refractivity (Wildman–Crippen MR) is 114 cm³/mol. The van der Waals surface area contributed by atoms with Crippen molar-refractivity contribution >= 4 is 34.4 Å². The van der Waals surface area contributed by atoms with Gasteiger partial charge >= 0.3 is 5.97 Å².